The Bertz CT molecular complexity index is 673. The fourth-order valence-corrected chi connectivity index (χ4v) is 2.59. The number of nitrogens with zero attached hydrogens (tertiary/aromatic N) is 1. The van der Waals surface area contributed by atoms with Crippen LogP contribution in [-0.4, -0.2) is 12.6 Å². The molecule has 0 saturated heterocycles. The van der Waals surface area contributed by atoms with E-state index in [9.17, 15) is 4.39 Å². The summed E-state index contributed by atoms with van der Waals surface area (Å²) in [6, 6.07) is 14.8. The van der Waals surface area contributed by atoms with Crippen LogP contribution in [0.15, 0.2) is 42.5 Å². The minimum atomic E-state index is -0.206. The first-order valence-corrected chi connectivity index (χ1v) is 6.99. The quantitative estimate of drug-likeness (QED) is 0.890. The summed E-state index contributed by atoms with van der Waals surface area (Å²) >= 11 is 0. The van der Waals surface area contributed by atoms with Gasteiger partial charge in [-0.15, -0.1) is 0 Å². The van der Waals surface area contributed by atoms with Crippen molar-refractivity contribution < 1.29 is 4.39 Å². The number of nitriles is 1. The monoisotopic (exact) mass is 281 g/mol. The highest BCUT2D eigenvalue weighted by atomic mass is 19.1. The van der Waals surface area contributed by atoms with Gasteiger partial charge in [-0.2, -0.15) is 5.26 Å². The van der Waals surface area contributed by atoms with Gasteiger partial charge in [0.1, 0.15) is 5.82 Å². The lowest BCUT2D eigenvalue weighted by Gasteiger charge is -2.16. The second kappa shape index (κ2) is 5.94. The van der Waals surface area contributed by atoms with Crippen molar-refractivity contribution in [2.75, 3.05) is 11.9 Å². The highest BCUT2D eigenvalue weighted by molar-refractivity contribution is 5.55. The summed E-state index contributed by atoms with van der Waals surface area (Å²) in [6.45, 7) is 1.53. The van der Waals surface area contributed by atoms with Crippen molar-refractivity contribution in [3.05, 3.63) is 65.0 Å². The lowest BCUT2D eigenvalue weighted by molar-refractivity contribution is 0.536. The highest BCUT2D eigenvalue weighted by Crippen LogP contribution is 2.20. The maximum Gasteiger partial charge on any atom is 0.123 e. The van der Waals surface area contributed by atoms with Gasteiger partial charge in [0, 0.05) is 24.8 Å². The number of hydrogen-bond donors (Lipinski definition) is 2. The van der Waals surface area contributed by atoms with Crippen molar-refractivity contribution in [2.24, 2.45) is 0 Å². The molecule has 0 amide bonds. The molecule has 3 nitrogen and oxygen atoms in total. The van der Waals surface area contributed by atoms with Crippen molar-refractivity contribution in [2.45, 2.75) is 19.0 Å². The summed E-state index contributed by atoms with van der Waals surface area (Å²) in [6.07, 6.45) is 0.840. The Hall–Kier alpha value is -2.38. The highest BCUT2D eigenvalue weighted by Gasteiger charge is 2.15. The maximum absolute atomic E-state index is 12.9. The van der Waals surface area contributed by atoms with Crippen molar-refractivity contribution in [1.82, 2.24) is 5.32 Å². The van der Waals surface area contributed by atoms with Gasteiger partial charge in [0.15, 0.2) is 0 Å². The predicted molar refractivity (Wildman–Crippen MR) is 80.4 cm³/mol. The summed E-state index contributed by atoms with van der Waals surface area (Å²) in [5, 5.41) is 15.9. The van der Waals surface area contributed by atoms with Gasteiger partial charge < -0.3 is 10.6 Å². The molecule has 1 heterocycles. The molecule has 2 aromatic carbocycles. The fourth-order valence-electron chi connectivity index (χ4n) is 2.59. The number of fused-ring (bicyclic) bond motifs is 1. The summed E-state index contributed by atoms with van der Waals surface area (Å²) in [5.41, 5.74) is 3.97. The van der Waals surface area contributed by atoms with E-state index in [1.807, 2.05) is 30.3 Å². The van der Waals surface area contributed by atoms with Gasteiger partial charge in [0.05, 0.1) is 11.6 Å². The van der Waals surface area contributed by atoms with E-state index in [-0.39, 0.29) is 11.9 Å². The third kappa shape index (κ3) is 3.21. The maximum atomic E-state index is 12.9. The van der Waals surface area contributed by atoms with Crippen LogP contribution >= 0.6 is 0 Å². The fraction of sp³-hybridized carbons (Fsp3) is 0.235. The van der Waals surface area contributed by atoms with E-state index in [0.717, 1.165) is 36.3 Å². The first-order chi connectivity index (χ1) is 10.2. The Balaban J connectivity index is 1.70. The smallest absolute Gasteiger partial charge is 0.123 e. The minimum Gasteiger partial charge on any atom is -0.383 e. The molecule has 0 aliphatic carbocycles. The summed E-state index contributed by atoms with van der Waals surface area (Å²) in [5.74, 6) is -0.206. The number of anilines is 1. The number of rotatable bonds is 2. The van der Waals surface area contributed by atoms with Crippen LogP contribution in [0.2, 0.25) is 0 Å². The molecule has 106 valence electrons. The van der Waals surface area contributed by atoms with Crippen molar-refractivity contribution in [3.63, 3.8) is 0 Å². The van der Waals surface area contributed by atoms with E-state index < -0.39 is 0 Å². The Morgan fingerprint density at radius 1 is 1.19 bits per heavy atom. The average Bonchev–Trinajstić information content (AvgIpc) is 2.71. The molecule has 3 rings (SSSR count). The Morgan fingerprint density at radius 3 is 2.76 bits per heavy atom. The molecule has 4 heteroatoms. The molecule has 21 heavy (non-hydrogen) atoms. The van der Waals surface area contributed by atoms with Gasteiger partial charge >= 0.3 is 0 Å². The largest absolute Gasteiger partial charge is 0.383 e. The first kappa shape index (κ1) is 13.6. The van der Waals surface area contributed by atoms with E-state index in [1.54, 1.807) is 0 Å². The third-order valence-corrected chi connectivity index (χ3v) is 3.75. The molecule has 2 N–H and O–H groups in total. The van der Waals surface area contributed by atoms with Gasteiger partial charge in [-0.25, -0.2) is 4.39 Å². The van der Waals surface area contributed by atoms with Crippen LogP contribution in [0, 0.1) is 17.1 Å². The van der Waals surface area contributed by atoms with Gasteiger partial charge in [0.25, 0.3) is 0 Å². The molecule has 0 radical (unpaired) electrons. The predicted octanol–water partition coefficient (Wildman–Crippen LogP) is 2.82. The van der Waals surface area contributed by atoms with E-state index in [0.29, 0.717) is 5.56 Å². The normalized spacial score (nSPS) is 17.2. The standard InChI is InChI=1S/C17H16FN3/c18-15-4-1-12(2-5-15)8-16-11-21-17-6-3-13(9-19)7-14(17)10-20-16/h1-7,16,20-21H,8,10-11H2/t16-/m1/s1. The SMILES string of the molecule is N#Cc1ccc2c(c1)CN[C@H](Cc1ccc(F)cc1)CN2. The molecule has 0 bridgehead atoms. The molecule has 1 aliphatic heterocycles. The molecular formula is C17H16FN3. The lowest BCUT2D eigenvalue weighted by atomic mass is 10.1. The van der Waals surface area contributed by atoms with Crippen LogP contribution in [0.25, 0.3) is 0 Å². The second-order valence-electron chi connectivity index (χ2n) is 5.27. The van der Waals surface area contributed by atoms with E-state index in [4.69, 9.17) is 5.26 Å². The van der Waals surface area contributed by atoms with Crippen LogP contribution in [0.3, 0.4) is 0 Å². The van der Waals surface area contributed by atoms with Crippen LogP contribution in [0.1, 0.15) is 16.7 Å². The van der Waals surface area contributed by atoms with Crippen LogP contribution in [0.5, 0.6) is 0 Å². The molecular weight excluding hydrogens is 265 g/mol. The number of hydrogen-bond acceptors (Lipinski definition) is 3. The van der Waals surface area contributed by atoms with E-state index >= 15 is 0 Å². The van der Waals surface area contributed by atoms with E-state index in [2.05, 4.69) is 16.7 Å². The van der Waals surface area contributed by atoms with Gasteiger partial charge in [-0.3, -0.25) is 0 Å². The summed E-state index contributed by atoms with van der Waals surface area (Å²) in [7, 11) is 0. The molecule has 2 aromatic rings. The Kier molecular flexibility index (Phi) is 3.85. The van der Waals surface area contributed by atoms with Crippen LogP contribution < -0.4 is 10.6 Å². The first-order valence-electron chi connectivity index (χ1n) is 6.99. The van der Waals surface area contributed by atoms with Crippen LogP contribution in [0.4, 0.5) is 10.1 Å². The summed E-state index contributed by atoms with van der Waals surface area (Å²) < 4.78 is 12.9. The van der Waals surface area contributed by atoms with Gasteiger partial charge in [-0.1, -0.05) is 12.1 Å². The Labute approximate surface area is 123 Å². The molecule has 0 saturated carbocycles. The zero-order chi connectivity index (χ0) is 14.7. The van der Waals surface area contributed by atoms with Crippen molar-refractivity contribution >= 4 is 5.69 Å². The van der Waals surface area contributed by atoms with Crippen molar-refractivity contribution in [3.8, 4) is 6.07 Å². The zero-order valence-corrected chi connectivity index (χ0v) is 11.6. The molecule has 0 fully saturated rings. The number of nitrogens with one attached hydrogen (secondary N) is 2. The van der Waals surface area contributed by atoms with Gasteiger partial charge in [-0.05, 0) is 47.9 Å². The molecule has 1 atom stereocenters. The molecule has 0 unspecified atom stereocenters. The zero-order valence-electron chi connectivity index (χ0n) is 11.6. The van der Waals surface area contributed by atoms with Crippen LogP contribution in [-0.2, 0) is 13.0 Å². The number of benzene rings is 2. The third-order valence-electron chi connectivity index (χ3n) is 3.75. The average molecular weight is 281 g/mol. The number of halogens is 1. The minimum absolute atomic E-state index is 0.206. The molecule has 0 spiro atoms. The molecule has 0 aromatic heterocycles. The molecule has 1 aliphatic rings. The lowest BCUT2D eigenvalue weighted by Crippen LogP contribution is -2.34. The topological polar surface area (TPSA) is 47.9 Å². The van der Waals surface area contributed by atoms with Gasteiger partial charge in [0.2, 0.25) is 0 Å². The summed E-state index contributed by atoms with van der Waals surface area (Å²) in [4.78, 5) is 0. The van der Waals surface area contributed by atoms with Crippen molar-refractivity contribution in [1.29, 1.82) is 5.26 Å². The van der Waals surface area contributed by atoms with E-state index in [1.165, 1.54) is 12.1 Å². The second-order valence-corrected chi connectivity index (χ2v) is 5.27. The Morgan fingerprint density at radius 2 is 2.00 bits per heavy atom.